The molecular weight excluding hydrogens is 478 g/mol. The number of likely N-dealkylation sites (N-methyl/N-ethyl adjacent to an activating group) is 1. The third kappa shape index (κ3) is 12.2. The molecule has 1 unspecified atom stereocenters. The van der Waals surface area contributed by atoms with Crippen molar-refractivity contribution in [3.63, 3.8) is 0 Å². The quantitative estimate of drug-likeness (QED) is 0.155. The summed E-state index contributed by atoms with van der Waals surface area (Å²) in [5, 5.41) is 25.3. The Morgan fingerprint density at radius 1 is 0.971 bits per heavy atom. The van der Waals surface area contributed by atoms with Crippen LogP contribution in [-0.4, -0.2) is 122 Å². The van der Waals surface area contributed by atoms with E-state index >= 15 is 0 Å². The SMILES string of the molecule is CCN1C(O)N[C@H]2CS[C@@H](CCCCC(=O)NCCOCCOCCOCCOCCC(=O)O)[C@H]21. The van der Waals surface area contributed by atoms with Gasteiger partial charge in [0.15, 0.2) is 6.35 Å². The van der Waals surface area contributed by atoms with Crippen molar-refractivity contribution in [1.82, 2.24) is 15.5 Å². The van der Waals surface area contributed by atoms with Crippen molar-refractivity contribution in [2.45, 2.75) is 62.7 Å². The first kappa shape index (κ1) is 30.2. The van der Waals surface area contributed by atoms with Crippen LogP contribution in [0.4, 0.5) is 0 Å². The van der Waals surface area contributed by atoms with Crippen LogP contribution in [0.25, 0.3) is 0 Å². The van der Waals surface area contributed by atoms with Crippen LogP contribution in [0.1, 0.15) is 39.0 Å². The number of carboxylic acid groups (broad SMARTS) is 1. The first-order valence-corrected chi connectivity index (χ1v) is 13.7. The van der Waals surface area contributed by atoms with Gasteiger partial charge in [-0.3, -0.25) is 19.8 Å². The molecule has 0 saturated carbocycles. The van der Waals surface area contributed by atoms with E-state index in [1.165, 1.54) is 0 Å². The summed E-state index contributed by atoms with van der Waals surface area (Å²) in [4.78, 5) is 24.5. The van der Waals surface area contributed by atoms with Crippen molar-refractivity contribution >= 4 is 23.6 Å². The number of aliphatic carboxylic acids is 1. The highest BCUT2D eigenvalue weighted by molar-refractivity contribution is 8.00. The molecule has 0 aliphatic carbocycles. The Bertz CT molecular complexity index is 603. The van der Waals surface area contributed by atoms with Crippen LogP contribution < -0.4 is 10.6 Å². The van der Waals surface area contributed by atoms with Gasteiger partial charge >= 0.3 is 5.97 Å². The summed E-state index contributed by atoms with van der Waals surface area (Å²) in [6.07, 6.45) is 2.94. The molecule has 35 heavy (non-hydrogen) atoms. The van der Waals surface area contributed by atoms with Crippen molar-refractivity contribution in [1.29, 1.82) is 0 Å². The van der Waals surface area contributed by atoms with E-state index in [0.717, 1.165) is 31.6 Å². The lowest BCUT2D eigenvalue weighted by Gasteiger charge is -2.28. The molecule has 204 valence electrons. The molecule has 4 N–H and O–H groups in total. The predicted octanol–water partition coefficient (Wildman–Crippen LogP) is 0.258. The highest BCUT2D eigenvalue weighted by atomic mass is 32.2. The molecule has 11 nitrogen and oxygen atoms in total. The van der Waals surface area contributed by atoms with Gasteiger partial charge < -0.3 is 34.5 Å². The largest absolute Gasteiger partial charge is 0.481 e. The molecule has 0 bridgehead atoms. The number of aliphatic hydroxyl groups is 1. The van der Waals surface area contributed by atoms with E-state index in [-0.39, 0.29) is 18.9 Å². The van der Waals surface area contributed by atoms with Gasteiger partial charge in [0.1, 0.15) is 0 Å². The number of unbranched alkanes of at least 4 members (excludes halogenated alkanes) is 1. The maximum absolute atomic E-state index is 12.0. The highest BCUT2D eigenvalue weighted by Crippen LogP contribution is 2.38. The second-order valence-corrected chi connectivity index (χ2v) is 9.80. The maximum Gasteiger partial charge on any atom is 0.305 e. The second-order valence-electron chi connectivity index (χ2n) is 8.53. The van der Waals surface area contributed by atoms with E-state index in [2.05, 4.69) is 22.5 Å². The van der Waals surface area contributed by atoms with Gasteiger partial charge in [-0.25, -0.2) is 0 Å². The molecule has 2 heterocycles. The molecule has 2 fully saturated rings. The number of carbonyl (C=O) groups excluding carboxylic acids is 1. The molecule has 2 rings (SSSR count). The average Bonchev–Trinajstić information content (AvgIpc) is 3.36. The number of hydrogen-bond acceptors (Lipinski definition) is 10. The van der Waals surface area contributed by atoms with Gasteiger partial charge in [0.05, 0.1) is 59.3 Å². The van der Waals surface area contributed by atoms with Crippen LogP contribution in [0.3, 0.4) is 0 Å². The number of nitrogens with one attached hydrogen (secondary N) is 2. The fraction of sp³-hybridized carbons (Fsp3) is 0.913. The molecule has 0 radical (unpaired) electrons. The first-order chi connectivity index (χ1) is 17.0. The monoisotopic (exact) mass is 521 g/mol. The van der Waals surface area contributed by atoms with Crippen molar-refractivity contribution in [2.75, 3.05) is 71.7 Å². The van der Waals surface area contributed by atoms with Crippen molar-refractivity contribution in [3.8, 4) is 0 Å². The molecule has 2 aliphatic heterocycles. The fourth-order valence-corrected chi connectivity index (χ4v) is 5.89. The van der Waals surface area contributed by atoms with E-state index in [9.17, 15) is 14.7 Å². The standard InChI is InChI=1S/C23H43N3O8S/c1-2-26-22-18(25-23(26)30)17-35-19(22)5-3-4-6-20(27)24-8-10-32-12-14-34-16-15-33-13-11-31-9-7-21(28)29/h18-19,22-23,25,30H,2-17H2,1H3,(H,24,27)(H,28,29)/t18-,19-,22-,23?/m0/s1. The van der Waals surface area contributed by atoms with Crippen LogP contribution >= 0.6 is 11.8 Å². The Labute approximate surface area is 212 Å². The molecule has 1 amide bonds. The maximum atomic E-state index is 12.0. The van der Waals surface area contributed by atoms with Crippen molar-refractivity contribution < 1.29 is 38.7 Å². The van der Waals surface area contributed by atoms with Crippen LogP contribution in [-0.2, 0) is 28.5 Å². The van der Waals surface area contributed by atoms with Gasteiger partial charge in [-0.1, -0.05) is 13.3 Å². The normalized spacial score (nSPS) is 24.1. The number of carbonyl (C=O) groups is 2. The lowest BCUT2D eigenvalue weighted by atomic mass is 10.0. The molecule has 2 saturated heterocycles. The summed E-state index contributed by atoms with van der Waals surface area (Å²) < 4.78 is 21.3. The molecule has 0 spiro atoms. The number of fused-ring (bicyclic) bond motifs is 1. The smallest absolute Gasteiger partial charge is 0.305 e. The Kier molecular flexibility index (Phi) is 15.8. The van der Waals surface area contributed by atoms with Crippen molar-refractivity contribution in [2.24, 2.45) is 0 Å². The third-order valence-electron chi connectivity index (χ3n) is 6.00. The Morgan fingerprint density at radius 3 is 2.23 bits per heavy atom. The van der Waals surface area contributed by atoms with E-state index in [0.29, 0.717) is 76.5 Å². The van der Waals surface area contributed by atoms with E-state index in [1.54, 1.807) is 0 Å². The Balaban J connectivity index is 1.32. The molecule has 0 aromatic rings. The van der Waals surface area contributed by atoms with Crippen LogP contribution in [0.2, 0.25) is 0 Å². The number of amides is 1. The van der Waals surface area contributed by atoms with Crippen LogP contribution in [0, 0.1) is 0 Å². The van der Waals surface area contributed by atoms with Gasteiger partial charge in [-0.15, -0.1) is 0 Å². The van der Waals surface area contributed by atoms with Crippen LogP contribution in [0.15, 0.2) is 0 Å². The van der Waals surface area contributed by atoms with Gasteiger partial charge in [0.2, 0.25) is 5.91 Å². The average molecular weight is 522 g/mol. The number of nitrogens with zero attached hydrogens (tertiary/aromatic N) is 1. The number of hydrogen-bond donors (Lipinski definition) is 4. The number of aliphatic hydroxyl groups excluding tert-OH is 1. The van der Waals surface area contributed by atoms with E-state index in [4.69, 9.17) is 24.1 Å². The van der Waals surface area contributed by atoms with E-state index < -0.39 is 12.3 Å². The summed E-state index contributed by atoms with van der Waals surface area (Å²) in [6.45, 7) is 6.61. The second kappa shape index (κ2) is 18.3. The van der Waals surface area contributed by atoms with Gasteiger partial charge in [0.25, 0.3) is 0 Å². The molecule has 4 atom stereocenters. The zero-order valence-electron chi connectivity index (χ0n) is 20.8. The minimum absolute atomic E-state index is 0.00331. The summed E-state index contributed by atoms with van der Waals surface area (Å²) in [5.41, 5.74) is 0. The predicted molar refractivity (Wildman–Crippen MR) is 132 cm³/mol. The topological polar surface area (TPSA) is 139 Å². The highest BCUT2D eigenvalue weighted by Gasteiger charge is 2.47. The first-order valence-electron chi connectivity index (χ1n) is 12.6. The molecule has 2 aliphatic rings. The fourth-order valence-electron chi connectivity index (χ4n) is 4.27. The minimum Gasteiger partial charge on any atom is -0.481 e. The molecule has 0 aromatic heterocycles. The lowest BCUT2D eigenvalue weighted by Crippen LogP contribution is -2.42. The number of rotatable bonds is 21. The summed E-state index contributed by atoms with van der Waals surface area (Å²) in [6, 6.07) is 0.754. The van der Waals surface area contributed by atoms with Gasteiger partial charge in [-0.05, 0) is 19.4 Å². The number of thioether (sulfide) groups is 1. The van der Waals surface area contributed by atoms with Gasteiger partial charge in [0, 0.05) is 36.1 Å². The van der Waals surface area contributed by atoms with Gasteiger partial charge in [-0.2, -0.15) is 11.8 Å². The van der Waals surface area contributed by atoms with E-state index in [1.807, 2.05) is 11.8 Å². The summed E-state index contributed by atoms with van der Waals surface area (Å²) in [5.74, 6) is 0.217. The molecular formula is C23H43N3O8S. The third-order valence-corrected chi connectivity index (χ3v) is 7.49. The summed E-state index contributed by atoms with van der Waals surface area (Å²) in [7, 11) is 0. The van der Waals surface area contributed by atoms with Crippen LogP contribution in [0.5, 0.6) is 0 Å². The summed E-state index contributed by atoms with van der Waals surface area (Å²) >= 11 is 1.98. The van der Waals surface area contributed by atoms with Crippen molar-refractivity contribution in [3.05, 3.63) is 0 Å². The number of carboxylic acids is 1. The lowest BCUT2D eigenvalue weighted by molar-refractivity contribution is -0.138. The molecule has 0 aromatic carbocycles. The minimum atomic E-state index is -0.875. The Morgan fingerprint density at radius 2 is 1.60 bits per heavy atom. The molecule has 12 heteroatoms. The Hall–Kier alpha value is -0.990. The zero-order chi connectivity index (χ0) is 25.3. The zero-order valence-corrected chi connectivity index (χ0v) is 21.6. The number of ether oxygens (including phenoxy) is 4.